The van der Waals surface area contributed by atoms with E-state index in [9.17, 15) is 14.4 Å². The van der Waals surface area contributed by atoms with Crippen molar-refractivity contribution in [3.63, 3.8) is 0 Å². The SMILES string of the molecule is CC(=O)OC[C@@H]1OC(=O)CC[C@H]1OC(C)=O. The second-order valence-electron chi connectivity index (χ2n) is 3.52. The van der Waals surface area contributed by atoms with Crippen molar-refractivity contribution < 1.29 is 28.6 Å². The Bertz CT molecular complexity index is 298. The lowest BCUT2D eigenvalue weighted by molar-refractivity contribution is -0.183. The number of rotatable bonds is 3. The normalized spacial score (nSPS) is 24.5. The average Bonchev–Trinajstić information content (AvgIpc) is 2.17. The van der Waals surface area contributed by atoms with Gasteiger partial charge in [-0.15, -0.1) is 0 Å². The van der Waals surface area contributed by atoms with E-state index in [-0.39, 0.29) is 19.0 Å². The van der Waals surface area contributed by atoms with Crippen molar-refractivity contribution in [2.75, 3.05) is 6.61 Å². The van der Waals surface area contributed by atoms with Crippen LogP contribution in [-0.4, -0.2) is 36.7 Å². The Balaban J connectivity index is 2.54. The summed E-state index contributed by atoms with van der Waals surface area (Å²) in [6.45, 7) is 2.45. The summed E-state index contributed by atoms with van der Waals surface area (Å²) < 4.78 is 14.7. The highest BCUT2D eigenvalue weighted by atomic mass is 16.6. The van der Waals surface area contributed by atoms with Gasteiger partial charge in [0.15, 0.2) is 6.10 Å². The van der Waals surface area contributed by atoms with Crippen LogP contribution in [0.3, 0.4) is 0 Å². The molecule has 1 heterocycles. The summed E-state index contributed by atoms with van der Waals surface area (Å²) in [7, 11) is 0. The molecule has 16 heavy (non-hydrogen) atoms. The van der Waals surface area contributed by atoms with Gasteiger partial charge in [-0.1, -0.05) is 0 Å². The van der Waals surface area contributed by atoms with Gasteiger partial charge in [0.2, 0.25) is 0 Å². The van der Waals surface area contributed by atoms with Gasteiger partial charge in [-0.3, -0.25) is 14.4 Å². The van der Waals surface area contributed by atoms with Crippen molar-refractivity contribution >= 4 is 17.9 Å². The number of carbonyl (C=O) groups is 3. The Labute approximate surface area is 92.8 Å². The predicted octanol–water partition coefficient (Wildman–Crippen LogP) is 0.187. The molecule has 0 spiro atoms. The Hall–Kier alpha value is -1.59. The van der Waals surface area contributed by atoms with E-state index in [1.165, 1.54) is 13.8 Å². The lowest BCUT2D eigenvalue weighted by Gasteiger charge is -2.29. The quantitative estimate of drug-likeness (QED) is 0.508. The van der Waals surface area contributed by atoms with Crippen LogP contribution in [0.15, 0.2) is 0 Å². The van der Waals surface area contributed by atoms with Gasteiger partial charge < -0.3 is 14.2 Å². The maximum atomic E-state index is 11.0. The molecule has 0 bridgehead atoms. The summed E-state index contributed by atoms with van der Waals surface area (Å²) >= 11 is 0. The van der Waals surface area contributed by atoms with Crippen molar-refractivity contribution in [3.8, 4) is 0 Å². The number of cyclic esters (lactones) is 1. The molecule has 0 N–H and O–H groups in total. The smallest absolute Gasteiger partial charge is 0.306 e. The maximum Gasteiger partial charge on any atom is 0.306 e. The molecule has 0 aromatic carbocycles. The molecule has 1 aliphatic rings. The highest BCUT2D eigenvalue weighted by Gasteiger charge is 2.33. The van der Waals surface area contributed by atoms with E-state index >= 15 is 0 Å². The van der Waals surface area contributed by atoms with E-state index < -0.39 is 24.1 Å². The Morgan fingerprint density at radius 1 is 1.38 bits per heavy atom. The van der Waals surface area contributed by atoms with Crippen LogP contribution in [0.1, 0.15) is 26.7 Å². The van der Waals surface area contributed by atoms with Gasteiger partial charge in [-0.2, -0.15) is 0 Å². The molecule has 1 fully saturated rings. The molecule has 0 aromatic heterocycles. The van der Waals surface area contributed by atoms with Gasteiger partial charge >= 0.3 is 17.9 Å². The van der Waals surface area contributed by atoms with Crippen LogP contribution in [0.2, 0.25) is 0 Å². The molecule has 0 aliphatic carbocycles. The zero-order valence-electron chi connectivity index (χ0n) is 9.23. The molecular formula is C10H14O6. The molecule has 6 heteroatoms. The molecule has 6 nitrogen and oxygen atoms in total. The fourth-order valence-corrected chi connectivity index (χ4v) is 1.44. The van der Waals surface area contributed by atoms with Crippen LogP contribution >= 0.6 is 0 Å². The zero-order valence-corrected chi connectivity index (χ0v) is 9.23. The number of carbonyl (C=O) groups excluding carboxylic acids is 3. The van der Waals surface area contributed by atoms with Crippen LogP contribution in [-0.2, 0) is 28.6 Å². The first-order valence-electron chi connectivity index (χ1n) is 4.99. The fraction of sp³-hybridized carbons (Fsp3) is 0.700. The molecular weight excluding hydrogens is 216 g/mol. The van der Waals surface area contributed by atoms with Crippen molar-refractivity contribution in [1.29, 1.82) is 0 Å². The molecule has 0 amide bonds. The summed E-state index contributed by atoms with van der Waals surface area (Å²) in [4.78, 5) is 32.5. The van der Waals surface area contributed by atoms with E-state index in [2.05, 4.69) is 0 Å². The first-order chi connectivity index (χ1) is 7.49. The first kappa shape index (κ1) is 12.5. The molecule has 0 aromatic rings. The summed E-state index contributed by atoms with van der Waals surface area (Å²) in [6.07, 6.45) is -0.637. The third-order valence-electron chi connectivity index (χ3n) is 2.10. The van der Waals surface area contributed by atoms with Gasteiger partial charge in [-0.05, 0) is 6.42 Å². The number of ether oxygens (including phenoxy) is 3. The van der Waals surface area contributed by atoms with E-state index in [0.717, 1.165) is 0 Å². The summed E-state index contributed by atoms with van der Waals surface area (Å²) in [5, 5.41) is 0. The van der Waals surface area contributed by atoms with Crippen LogP contribution in [0, 0.1) is 0 Å². The highest BCUT2D eigenvalue weighted by Crippen LogP contribution is 2.19. The molecule has 90 valence electrons. The number of hydrogen-bond donors (Lipinski definition) is 0. The van der Waals surface area contributed by atoms with E-state index in [1.54, 1.807) is 0 Å². The second-order valence-corrected chi connectivity index (χ2v) is 3.52. The van der Waals surface area contributed by atoms with Crippen LogP contribution in [0.25, 0.3) is 0 Å². The van der Waals surface area contributed by atoms with Gasteiger partial charge in [0.1, 0.15) is 12.7 Å². The largest absolute Gasteiger partial charge is 0.462 e. The minimum Gasteiger partial charge on any atom is -0.462 e. The lowest BCUT2D eigenvalue weighted by atomic mass is 10.1. The third kappa shape index (κ3) is 3.88. The minimum absolute atomic E-state index is 0.0843. The Morgan fingerprint density at radius 2 is 2.06 bits per heavy atom. The predicted molar refractivity (Wildman–Crippen MR) is 51.3 cm³/mol. The third-order valence-corrected chi connectivity index (χ3v) is 2.10. The minimum atomic E-state index is -0.700. The van der Waals surface area contributed by atoms with Crippen LogP contribution < -0.4 is 0 Å². The van der Waals surface area contributed by atoms with Crippen molar-refractivity contribution in [2.45, 2.75) is 38.9 Å². The van der Waals surface area contributed by atoms with Crippen molar-refractivity contribution in [2.24, 2.45) is 0 Å². The van der Waals surface area contributed by atoms with E-state index in [4.69, 9.17) is 14.2 Å². The number of hydrogen-bond acceptors (Lipinski definition) is 6. The molecule has 1 saturated heterocycles. The molecule has 1 rings (SSSR count). The molecule has 0 radical (unpaired) electrons. The van der Waals surface area contributed by atoms with E-state index in [1.807, 2.05) is 0 Å². The fourth-order valence-electron chi connectivity index (χ4n) is 1.44. The van der Waals surface area contributed by atoms with Gasteiger partial charge in [0.05, 0.1) is 0 Å². The summed E-state index contributed by atoms with van der Waals surface area (Å²) in [5.74, 6) is -1.29. The summed E-state index contributed by atoms with van der Waals surface area (Å²) in [6, 6.07) is 0. The molecule has 1 aliphatic heterocycles. The van der Waals surface area contributed by atoms with Crippen molar-refractivity contribution in [1.82, 2.24) is 0 Å². The van der Waals surface area contributed by atoms with Crippen molar-refractivity contribution in [3.05, 3.63) is 0 Å². The average molecular weight is 230 g/mol. The van der Waals surface area contributed by atoms with Crippen LogP contribution in [0.4, 0.5) is 0 Å². The van der Waals surface area contributed by atoms with Crippen LogP contribution in [0.5, 0.6) is 0 Å². The second kappa shape index (κ2) is 5.48. The monoisotopic (exact) mass is 230 g/mol. The van der Waals surface area contributed by atoms with Gasteiger partial charge in [-0.25, -0.2) is 0 Å². The highest BCUT2D eigenvalue weighted by molar-refractivity contribution is 5.71. The Morgan fingerprint density at radius 3 is 2.62 bits per heavy atom. The number of esters is 3. The Kier molecular flexibility index (Phi) is 4.28. The maximum absolute atomic E-state index is 11.0. The first-order valence-corrected chi connectivity index (χ1v) is 4.99. The van der Waals surface area contributed by atoms with E-state index in [0.29, 0.717) is 6.42 Å². The molecule has 0 unspecified atom stereocenters. The zero-order chi connectivity index (χ0) is 12.1. The lowest BCUT2D eigenvalue weighted by Crippen LogP contribution is -2.42. The van der Waals surface area contributed by atoms with Gasteiger partial charge in [0.25, 0.3) is 0 Å². The standard InChI is InChI=1S/C10H14O6/c1-6(11)14-5-9-8(15-7(2)12)3-4-10(13)16-9/h8-9H,3-5H2,1-2H3/t8-,9+/m1/s1. The summed E-state index contributed by atoms with van der Waals surface area (Å²) in [5.41, 5.74) is 0. The molecule has 2 atom stereocenters. The van der Waals surface area contributed by atoms with Gasteiger partial charge in [0, 0.05) is 20.3 Å². The molecule has 0 saturated carbocycles. The topological polar surface area (TPSA) is 78.9 Å².